The van der Waals surface area contributed by atoms with Crippen LogP contribution in [0.15, 0.2) is 35.3 Å². The first-order valence-electron chi connectivity index (χ1n) is 6.25. The molecule has 9 heteroatoms. The van der Waals surface area contributed by atoms with Crippen LogP contribution in [0.3, 0.4) is 0 Å². The summed E-state index contributed by atoms with van der Waals surface area (Å²) in [6.07, 6.45) is 5.15. The van der Waals surface area contributed by atoms with E-state index < -0.39 is 20.2 Å². The van der Waals surface area contributed by atoms with Gasteiger partial charge >= 0.3 is 5.51 Å². The third kappa shape index (κ3) is 2.70. The van der Waals surface area contributed by atoms with Crippen LogP contribution in [0.4, 0.5) is 13.2 Å². The smallest absolute Gasteiger partial charge is 0.294 e. The zero-order valence-corrected chi connectivity index (χ0v) is 12.8. The molecule has 0 amide bonds. The Balaban J connectivity index is 2.11. The second-order valence-electron chi connectivity index (χ2n) is 4.64. The molecular formula is C14H7F3NO3S2. The number of hydrogen-bond donors (Lipinski definition) is 0. The van der Waals surface area contributed by atoms with E-state index in [9.17, 15) is 26.4 Å². The summed E-state index contributed by atoms with van der Waals surface area (Å²) in [6, 6.07) is 4.25. The molecule has 4 nitrogen and oxygen atoms in total. The first-order chi connectivity index (χ1) is 10.7. The molecule has 1 aromatic heterocycles. The molecule has 1 aliphatic carbocycles. The molecule has 1 aromatic carbocycles. The van der Waals surface area contributed by atoms with Gasteiger partial charge < -0.3 is 0 Å². The molecule has 0 saturated carbocycles. The van der Waals surface area contributed by atoms with Crippen molar-refractivity contribution >= 4 is 42.7 Å². The number of carbonyl (C=O) groups excluding carboxylic acids is 1. The highest BCUT2D eigenvalue weighted by atomic mass is 32.2. The SMILES string of the molecule is O=C1CC=CC=C1c1nc2[c]c(S(=O)(=O)C(F)(F)F)ccc2s1. The molecule has 0 bridgehead atoms. The van der Waals surface area contributed by atoms with Gasteiger partial charge in [-0.2, -0.15) is 13.2 Å². The summed E-state index contributed by atoms with van der Waals surface area (Å²) in [6.45, 7) is 0. The fraction of sp³-hybridized carbons (Fsp3) is 0.143. The Morgan fingerprint density at radius 1 is 1.26 bits per heavy atom. The average molecular weight is 358 g/mol. The van der Waals surface area contributed by atoms with Gasteiger partial charge in [0.2, 0.25) is 0 Å². The Kier molecular flexibility index (Phi) is 3.64. The molecule has 0 spiro atoms. The number of carbonyl (C=O) groups is 1. The number of sulfone groups is 1. The molecule has 1 heterocycles. The highest BCUT2D eigenvalue weighted by molar-refractivity contribution is 7.92. The van der Waals surface area contributed by atoms with Crippen LogP contribution in [0.5, 0.6) is 0 Å². The number of halogens is 3. The van der Waals surface area contributed by atoms with Gasteiger partial charge in [-0.15, -0.1) is 11.3 Å². The van der Waals surface area contributed by atoms with Crippen LogP contribution in [0.25, 0.3) is 15.8 Å². The van der Waals surface area contributed by atoms with Crippen molar-refractivity contribution in [3.8, 4) is 0 Å². The highest BCUT2D eigenvalue weighted by Crippen LogP contribution is 2.34. The standard InChI is InChI=1S/C14H7F3NO3S2/c15-14(16,17)23(20,21)8-5-6-12-10(7-8)18-13(22-12)9-3-1-2-4-11(9)19/h1-3,5-6H,4H2. The molecule has 0 fully saturated rings. The van der Waals surface area contributed by atoms with E-state index in [1.54, 1.807) is 18.2 Å². The second kappa shape index (κ2) is 5.27. The van der Waals surface area contributed by atoms with Gasteiger partial charge in [-0.1, -0.05) is 12.2 Å². The lowest BCUT2D eigenvalue weighted by molar-refractivity contribution is -0.113. The molecule has 3 rings (SSSR count). The molecular weight excluding hydrogens is 351 g/mol. The molecule has 2 aromatic rings. The third-order valence-corrected chi connectivity index (χ3v) is 5.59. The molecule has 119 valence electrons. The number of thiazole rings is 1. The van der Waals surface area contributed by atoms with Crippen LogP contribution >= 0.6 is 11.3 Å². The fourth-order valence-electron chi connectivity index (χ4n) is 1.97. The van der Waals surface area contributed by atoms with Crippen molar-refractivity contribution in [1.82, 2.24) is 4.98 Å². The van der Waals surface area contributed by atoms with Crippen molar-refractivity contribution in [2.24, 2.45) is 0 Å². The first-order valence-corrected chi connectivity index (χ1v) is 8.55. The lowest BCUT2D eigenvalue weighted by atomic mass is 10.0. The van der Waals surface area contributed by atoms with Crippen molar-refractivity contribution in [3.05, 3.63) is 41.4 Å². The molecule has 0 aliphatic heterocycles. The normalized spacial score (nSPS) is 16.0. The Morgan fingerprint density at radius 2 is 2.00 bits per heavy atom. The summed E-state index contributed by atoms with van der Waals surface area (Å²) in [5, 5.41) is 0.326. The van der Waals surface area contributed by atoms with Gasteiger partial charge in [0.05, 0.1) is 20.7 Å². The van der Waals surface area contributed by atoms with E-state index in [1.807, 2.05) is 0 Å². The van der Waals surface area contributed by atoms with Crippen LogP contribution in [-0.4, -0.2) is 24.7 Å². The summed E-state index contributed by atoms with van der Waals surface area (Å²) in [7, 11) is -5.48. The van der Waals surface area contributed by atoms with Crippen LogP contribution in [0, 0.1) is 6.07 Å². The number of alkyl halides is 3. The Labute approximate surface area is 132 Å². The zero-order chi connectivity index (χ0) is 16.8. The minimum atomic E-state index is -5.48. The maximum atomic E-state index is 12.6. The topological polar surface area (TPSA) is 64.1 Å². The first kappa shape index (κ1) is 15.9. The number of aromatic nitrogens is 1. The van der Waals surface area contributed by atoms with Gasteiger partial charge in [0.25, 0.3) is 9.84 Å². The monoisotopic (exact) mass is 358 g/mol. The van der Waals surface area contributed by atoms with Gasteiger partial charge in [0, 0.05) is 12.5 Å². The minimum absolute atomic E-state index is 0.0152. The number of fused-ring (bicyclic) bond motifs is 1. The van der Waals surface area contributed by atoms with E-state index in [4.69, 9.17) is 0 Å². The number of hydrogen-bond acceptors (Lipinski definition) is 5. The number of benzene rings is 1. The van der Waals surface area contributed by atoms with Gasteiger partial charge in [0.1, 0.15) is 5.01 Å². The molecule has 0 atom stereocenters. The molecule has 0 unspecified atom stereocenters. The zero-order valence-electron chi connectivity index (χ0n) is 11.2. The number of Topliss-reactive ketones (excluding diaryl/α,β-unsaturated/α-hetero) is 1. The molecule has 0 N–H and O–H groups in total. The average Bonchev–Trinajstić information content (AvgIpc) is 2.89. The Morgan fingerprint density at radius 3 is 2.65 bits per heavy atom. The number of allylic oxidation sites excluding steroid dienone is 4. The van der Waals surface area contributed by atoms with Crippen molar-refractivity contribution in [2.45, 2.75) is 16.8 Å². The predicted octanol–water partition coefficient (Wildman–Crippen LogP) is 3.30. The van der Waals surface area contributed by atoms with E-state index >= 15 is 0 Å². The summed E-state index contributed by atoms with van der Waals surface area (Å²) >= 11 is 1.09. The molecule has 1 aliphatic rings. The predicted molar refractivity (Wildman–Crippen MR) is 78.4 cm³/mol. The molecule has 23 heavy (non-hydrogen) atoms. The summed E-state index contributed by atoms with van der Waals surface area (Å²) in [4.78, 5) is 14.9. The van der Waals surface area contributed by atoms with Crippen molar-refractivity contribution in [1.29, 1.82) is 0 Å². The maximum absolute atomic E-state index is 12.6. The van der Waals surface area contributed by atoms with Crippen LogP contribution < -0.4 is 0 Å². The third-order valence-electron chi connectivity index (χ3n) is 3.11. The Bertz CT molecular complexity index is 969. The quantitative estimate of drug-likeness (QED) is 0.826. The van der Waals surface area contributed by atoms with Gasteiger partial charge in [0.15, 0.2) is 5.78 Å². The fourth-order valence-corrected chi connectivity index (χ4v) is 3.67. The van der Waals surface area contributed by atoms with E-state index in [0.717, 1.165) is 17.4 Å². The van der Waals surface area contributed by atoms with Crippen LogP contribution in [0.2, 0.25) is 0 Å². The number of ketones is 1. The van der Waals surface area contributed by atoms with Crippen LogP contribution in [-0.2, 0) is 14.6 Å². The Hall–Kier alpha value is -2.00. The van der Waals surface area contributed by atoms with Crippen molar-refractivity contribution in [2.75, 3.05) is 0 Å². The largest absolute Gasteiger partial charge is 0.501 e. The maximum Gasteiger partial charge on any atom is 0.501 e. The molecule has 0 saturated heterocycles. The van der Waals surface area contributed by atoms with Gasteiger partial charge in [-0.05, 0) is 18.2 Å². The van der Waals surface area contributed by atoms with Crippen LogP contribution in [0.1, 0.15) is 11.4 Å². The van der Waals surface area contributed by atoms with Crippen molar-refractivity contribution in [3.63, 3.8) is 0 Å². The second-order valence-corrected chi connectivity index (χ2v) is 7.58. The van der Waals surface area contributed by atoms with Gasteiger partial charge in [-0.3, -0.25) is 4.79 Å². The van der Waals surface area contributed by atoms with E-state index in [0.29, 0.717) is 15.3 Å². The van der Waals surface area contributed by atoms with E-state index in [1.165, 1.54) is 6.07 Å². The van der Waals surface area contributed by atoms with E-state index in [-0.39, 0.29) is 17.7 Å². The summed E-state index contributed by atoms with van der Waals surface area (Å²) in [5.41, 5.74) is -5.07. The van der Waals surface area contributed by atoms with E-state index in [2.05, 4.69) is 11.1 Å². The van der Waals surface area contributed by atoms with Gasteiger partial charge in [-0.25, -0.2) is 13.4 Å². The van der Waals surface area contributed by atoms with Crippen molar-refractivity contribution < 1.29 is 26.4 Å². The number of nitrogens with zero attached hydrogens (tertiary/aromatic N) is 1. The number of rotatable bonds is 2. The summed E-state index contributed by atoms with van der Waals surface area (Å²) < 4.78 is 61.0. The summed E-state index contributed by atoms with van der Waals surface area (Å²) in [5.74, 6) is -0.158. The molecule has 1 radical (unpaired) electrons. The highest BCUT2D eigenvalue weighted by Gasteiger charge is 2.47. The lowest BCUT2D eigenvalue weighted by Crippen LogP contribution is -2.23. The lowest BCUT2D eigenvalue weighted by Gasteiger charge is -2.06. The minimum Gasteiger partial charge on any atom is -0.294 e.